The second-order valence-electron chi connectivity index (χ2n) is 10.5. The van der Waals surface area contributed by atoms with Gasteiger partial charge in [0, 0.05) is 22.9 Å². The summed E-state index contributed by atoms with van der Waals surface area (Å²) in [5.41, 5.74) is 4.80. The summed E-state index contributed by atoms with van der Waals surface area (Å²) in [6, 6.07) is 23.6. The van der Waals surface area contributed by atoms with Crippen LogP contribution in [0.15, 0.2) is 90.1 Å². The lowest BCUT2D eigenvalue weighted by atomic mass is 10.0. The van der Waals surface area contributed by atoms with Crippen LogP contribution in [0.25, 0.3) is 22.5 Å². The fourth-order valence-electron chi connectivity index (χ4n) is 4.66. The van der Waals surface area contributed by atoms with Crippen LogP contribution in [0.3, 0.4) is 0 Å². The van der Waals surface area contributed by atoms with Gasteiger partial charge in [-0.1, -0.05) is 83.1 Å². The Labute approximate surface area is 250 Å². The molecule has 0 unspecified atom stereocenters. The van der Waals surface area contributed by atoms with Crippen molar-refractivity contribution >= 4 is 17.7 Å². The van der Waals surface area contributed by atoms with Crippen molar-refractivity contribution in [2.45, 2.75) is 83.0 Å². The van der Waals surface area contributed by atoms with Gasteiger partial charge < -0.3 is 4.74 Å². The number of thioether (sulfide) groups is 1. The molecule has 0 aliphatic carbocycles. The SMILES string of the molecule is CCCCCCCCc1cnc(-c2ccc(OC(=O)c3ccc(-c4ccc(SCCCCC)cc4)cc3)cc2)nc1. The van der Waals surface area contributed by atoms with Gasteiger partial charge >= 0.3 is 5.97 Å². The van der Waals surface area contributed by atoms with Gasteiger partial charge in [0.05, 0.1) is 5.56 Å². The first-order chi connectivity index (χ1) is 20.2. The minimum Gasteiger partial charge on any atom is -0.423 e. The van der Waals surface area contributed by atoms with Crippen LogP contribution in [0, 0.1) is 0 Å². The lowest BCUT2D eigenvalue weighted by Gasteiger charge is -2.08. The monoisotopic (exact) mass is 566 g/mol. The summed E-state index contributed by atoms with van der Waals surface area (Å²) in [6.07, 6.45) is 16.4. The van der Waals surface area contributed by atoms with Gasteiger partial charge in [0.2, 0.25) is 0 Å². The van der Waals surface area contributed by atoms with Crippen molar-refractivity contribution in [1.82, 2.24) is 9.97 Å². The first-order valence-corrected chi connectivity index (χ1v) is 16.1. The Hall–Kier alpha value is -3.44. The molecule has 0 bridgehead atoms. The normalized spacial score (nSPS) is 11.0. The Kier molecular flexibility index (Phi) is 12.5. The van der Waals surface area contributed by atoms with Gasteiger partial charge in [-0.05, 0) is 90.2 Å². The summed E-state index contributed by atoms with van der Waals surface area (Å²) >= 11 is 1.91. The molecule has 3 aromatic carbocycles. The van der Waals surface area contributed by atoms with Gasteiger partial charge in [-0.25, -0.2) is 14.8 Å². The molecular weight excluding hydrogens is 524 g/mol. The maximum Gasteiger partial charge on any atom is 0.343 e. The number of rotatable bonds is 16. The molecule has 0 radical (unpaired) electrons. The molecule has 0 spiro atoms. The third kappa shape index (κ3) is 9.86. The predicted molar refractivity (Wildman–Crippen MR) is 172 cm³/mol. The molecule has 41 heavy (non-hydrogen) atoms. The molecule has 0 N–H and O–H groups in total. The summed E-state index contributed by atoms with van der Waals surface area (Å²) in [4.78, 5) is 23.2. The molecule has 0 atom stereocenters. The van der Waals surface area contributed by atoms with Gasteiger partial charge in [0.1, 0.15) is 5.75 Å². The number of unbranched alkanes of at least 4 members (excludes halogenated alkanes) is 7. The number of carbonyl (C=O) groups is 1. The number of hydrogen-bond acceptors (Lipinski definition) is 5. The summed E-state index contributed by atoms with van der Waals surface area (Å²) in [7, 11) is 0. The average molecular weight is 567 g/mol. The molecule has 4 nitrogen and oxygen atoms in total. The van der Waals surface area contributed by atoms with E-state index in [2.05, 4.69) is 48.1 Å². The molecule has 214 valence electrons. The molecule has 0 amide bonds. The van der Waals surface area contributed by atoms with E-state index in [1.54, 1.807) is 12.1 Å². The van der Waals surface area contributed by atoms with E-state index in [-0.39, 0.29) is 5.97 Å². The van der Waals surface area contributed by atoms with Crippen LogP contribution >= 0.6 is 11.8 Å². The van der Waals surface area contributed by atoms with E-state index >= 15 is 0 Å². The molecule has 0 aliphatic heterocycles. The smallest absolute Gasteiger partial charge is 0.343 e. The van der Waals surface area contributed by atoms with E-state index in [0.29, 0.717) is 17.1 Å². The van der Waals surface area contributed by atoms with Crippen molar-refractivity contribution < 1.29 is 9.53 Å². The van der Waals surface area contributed by atoms with E-state index in [4.69, 9.17) is 4.74 Å². The van der Waals surface area contributed by atoms with Crippen LogP contribution in [0.2, 0.25) is 0 Å². The topological polar surface area (TPSA) is 52.1 Å². The summed E-state index contributed by atoms with van der Waals surface area (Å²) in [5.74, 6) is 1.95. The van der Waals surface area contributed by atoms with Crippen molar-refractivity contribution in [1.29, 1.82) is 0 Å². The molecule has 0 aliphatic rings. The first-order valence-electron chi connectivity index (χ1n) is 15.1. The predicted octanol–water partition coefficient (Wildman–Crippen LogP) is 10.2. The van der Waals surface area contributed by atoms with E-state index in [0.717, 1.165) is 28.9 Å². The Morgan fingerprint density at radius 3 is 1.88 bits per heavy atom. The molecule has 1 aromatic heterocycles. The first kappa shape index (κ1) is 30.5. The van der Waals surface area contributed by atoms with Gasteiger partial charge in [0.25, 0.3) is 0 Å². The van der Waals surface area contributed by atoms with Gasteiger partial charge in [-0.2, -0.15) is 0 Å². The number of ether oxygens (including phenoxy) is 1. The van der Waals surface area contributed by atoms with Crippen LogP contribution < -0.4 is 4.74 Å². The highest BCUT2D eigenvalue weighted by atomic mass is 32.2. The highest BCUT2D eigenvalue weighted by molar-refractivity contribution is 7.99. The summed E-state index contributed by atoms with van der Waals surface area (Å²) in [5, 5.41) is 0. The van der Waals surface area contributed by atoms with Crippen LogP contribution in [-0.2, 0) is 6.42 Å². The fourth-order valence-corrected chi connectivity index (χ4v) is 5.58. The van der Waals surface area contributed by atoms with E-state index in [1.807, 2.05) is 60.6 Å². The molecule has 0 fully saturated rings. The van der Waals surface area contributed by atoms with Crippen LogP contribution in [-0.4, -0.2) is 21.7 Å². The molecule has 4 rings (SSSR count). The summed E-state index contributed by atoms with van der Waals surface area (Å²) < 4.78 is 5.62. The molecular formula is C36H42N2O2S. The molecule has 0 saturated heterocycles. The second-order valence-corrected chi connectivity index (χ2v) is 11.7. The van der Waals surface area contributed by atoms with E-state index in [9.17, 15) is 4.79 Å². The highest BCUT2D eigenvalue weighted by Gasteiger charge is 2.10. The maximum absolute atomic E-state index is 12.8. The zero-order valence-electron chi connectivity index (χ0n) is 24.5. The molecule has 4 aromatic rings. The molecule has 1 heterocycles. The largest absolute Gasteiger partial charge is 0.423 e. The average Bonchev–Trinajstić information content (AvgIpc) is 3.02. The Balaban J connectivity index is 1.26. The summed E-state index contributed by atoms with van der Waals surface area (Å²) in [6.45, 7) is 4.47. The van der Waals surface area contributed by atoms with Crippen molar-refractivity contribution in [3.63, 3.8) is 0 Å². The number of nitrogens with zero attached hydrogens (tertiary/aromatic N) is 2. The van der Waals surface area contributed by atoms with E-state index < -0.39 is 0 Å². The fraction of sp³-hybridized carbons (Fsp3) is 0.361. The minimum atomic E-state index is -0.376. The van der Waals surface area contributed by atoms with Gasteiger partial charge in [0.15, 0.2) is 5.82 Å². The number of esters is 1. The highest BCUT2D eigenvalue weighted by Crippen LogP contribution is 2.26. The lowest BCUT2D eigenvalue weighted by molar-refractivity contribution is 0.0735. The Morgan fingerprint density at radius 1 is 0.659 bits per heavy atom. The molecule has 0 saturated carbocycles. The van der Waals surface area contributed by atoms with Crippen LogP contribution in [0.1, 0.15) is 87.6 Å². The third-order valence-corrected chi connectivity index (χ3v) is 8.27. The number of aromatic nitrogens is 2. The van der Waals surface area contributed by atoms with Crippen LogP contribution in [0.5, 0.6) is 5.75 Å². The van der Waals surface area contributed by atoms with Crippen LogP contribution in [0.4, 0.5) is 0 Å². The quantitative estimate of drug-likeness (QED) is 0.0584. The number of benzene rings is 3. The standard InChI is InChI=1S/C36H42N2O2S/c1-3-5-7-8-9-10-12-28-26-37-35(38-27-28)31-17-21-33(22-18-31)40-36(39)32-15-13-29(14-16-32)30-19-23-34(24-20-30)41-25-11-6-4-2/h13-24,26-27H,3-12,25H2,1-2H3. The zero-order chi connectivity index (χ0) is 28.7. The second kappa shape index (κ2) is 16.7. The zero-order valence-corrected chi connectivity index (χ0v) is 25.3. The van der Waals surface area contributed by atoms with Crippen molar-refractivity contribution in [2.75, 3.05) is 5.75 Å². The van der Waals surface area contributed by atoms with Gasteiger partial charge in [-0.3, -0.25) is 0 Å². The lowest BCUT2D eigenvalue weighted by Crippen LogP contribution is -2.08. The minimum absolute atomic E-state index is 0.376. The number of aryl methyl sites for hydroxylation is 1. The number of hydrogen-bond donors (Lipinski definition) is 0. The Morgan fingerprint density at radius 2 is 1.22 bits per heavy atom. The maximum atomic E-state index is 12.8. The number of carbonyl (C=O) groups excluding carboxylic acids is 1. The van der Waals surface area contributed by atoms with Crippen molar-refractivity contribution in [3.05, 3.63) is 96.3 Å². The van der Waals surface area contributed by atoms with E-state index in [1.165, 1.54) is 68.2 Å². The van der Waals surface area contributed by atoms with Crippen molar-refractivity contribution in [2.24, 2.45) is 0 Å². The van der Waals surface area contributed by atoms with Gasteiger partial charge in [-0.15, -0.1) is 11.8 Å². The van der Waals surface area contributed by atoms with Crippen molar-refractivity contribution in [3.8, 4) is 28.3 Å². The third-order valence-electron chi connectivity index (χ3n) is 7.17. The molecule has 5 heteroatoms. The Bertz CT molecular complexity index is 1320.